The molecular weight excluding hydrogens is 325 g/mol. The van der Waals surface area contributed by atoms with E-state index in [2.05, 4.69) is 0 Å². The van der Waals surface area contributed by atoms with Gasteiger partial charge in [-0.15, -0.1) is 0 Å². The van der Waals surface area contributed by atoms with E-state index >= 15 is 0 Å². The first-order chi connectivity index (χ1) is 10.7. The van der Waals surface area contributed by atoms with Crippen LogP contribution in [0.5, 0.6) is 0 Å². The minimum atomic E-state index is -4.02. The standard InChI is InChI=1S/C14H18FN3O4S/c1-10(19)17-5-2-6-18(8-7-17)14(20)12-9-11(23(16,21)22)3-4-13(12)15/h3-4,9H,2,5-8H2,1H3,(H2,16,21,22). The van der Waals surface area contributed by atoms with Crippen LogP contribution in [0.15, 0.2) is 23.1 Å². The summed E-state index contributed by atoms with van der Waals surface area (Å²) in [5.74, 6) is -1.50. The van der Waals surface area contributed by atoms with Crippen molar-refractivity contribution in [2.24, 2.45) is 5.14 Å². The van der Waals surface area contributed by atoms with Crippen LogP contribution >= 0.6 is 0 Å². The second-order valence-corrected chi connectivity index (χ2v) is 6.90. The van der Waals surface area contributed by atoms with Crippen LogP contribution in [0.25, 0.3) is 0 Å². The maximum Gasteiger partial charge on any atom is 0.256 e. The van der Waals surface area contributed by atoms with Gasteiger partial charge in [0, 0.05) is 33.1 Å². The number of hydrogen-bond donors (Lipinski definition) is 1. The number of amides is 2. The largest absolute Gasteiger partial charge is 0.341 e. The van der Waals surface area contributed by atoms with Crippen molar-refractivity contribution in [1.29, 1.82) is 0 Å². The summed E-state index contributed by atoms with van der Waals surface area (Å²) in [5.41, 5.74) is -0.340. The fourth-order valence-electron chi connectivity index (χ4n) is 2.45. The van der Waals surface area contributed by atoms with E-state index < -0.39 is 21.7 Å². The summed E-state index contributed by atoms with van der Waals surface area (Å²) in [6, 6.07) is 2.87. The van der Waals surface area contributed by atoms with Crippen molar-refractivity contribution in [2.75, 3.05) is 26.2 Å². The fraction of sp³-hybridized carbons (Fsp3) is 0.429. The van der Waals surface area contributed by atoms with E-state index in [1.54, 1.807) is 4.90 Å². The number of carbonyl (C=O) groups is 2. The number of halogens is 1. The maximum atomic E-state index is 13.9. The van der Waals surface area contributed by atoms with Crippen molar-refractivity contribution in [3.05, 3.63) is 29.6 Å². The number of nitrogens with two attached hydrogens (primary N) is 1. The zero-order chi connectivity index (χ0) is 17.2. The van der Waals surface area contributed by atoms with Crippen molar-refractivity contribution >= 4 is 21.8 Å². The van der Waals surface area contributed by atoms with Crippen LogP contribution in [-0.2, 0) is 14.8 Å². The molecule has 1 heterocycles. The first-order valence-corrected chi connectivity index (χ1v) is 8.62. The van der Waals surface area contributed by atoms with Crippen LogP contribution < -0.4 is 5.14 Å². The average molecular weight is 343 g/mol. The molecule has 1 aliphatic rings. The number of nitrogens with zero attached hydrogens (tertiary/aromatic N) is 2. The topological polar surface area (TPSA) is 101 Å². The molecular formula is C14H18FN3O4S. The molecule has 0 radical (unpaired) electrons. The molecule has 0 bridgehead atoms. The molecule has 0 saturated carbocycles. The third-order valence-corrected chi connectivity index (χ3v) is 4.64. The molecule has 0 spiro atoms. The van der Waals surface area contributed by atoms with Crippen molar-refractivity contribution < 1.29 is 22.4 Å². The molecule has 9 heteroatoms. The zero-order valence-corrected chi connectivity index (χ0v) is 13.5. The molecule has 1 fully saturated rings. The Morgan fingerprint density at radius 1 is 1.13 bits per heavy atom. The van der Waals surface area contributed by atoms with E-state index in [-0.39, 0.29) is 22.9 Å². The molecule has 1 aromatic carbocycles. The molecule has 0 unspecified atom stereocenters. The van der Waals surface area contributed by atoms with Crippen LogP contribution in [0, 0.1) is 5.82 Å². The SMILES string of the molecule is CC(=O)N1CCCN(C(=O)c2cc(S(N)(=O)=O)ccc2F)CC1. The lowest BCUT2D eigenvalue weighted by Gasteiger charge is -2.21. The molecule has 0 aliphatic carbocycles. The van der Waals surface area contributed by atoms with Crippen molar-refractivity contribution in [3.8, 4) is 0 Å². The molecule has 1 aliphatic heterocycles. The van der Waals surface area contributed by atoms with E-state index in [4.69, 9.17) is 5.14 Å². The lowest BCUT2D eigenvalue weighted by Crippen LogP contribution is -2.37. The number of rotatable bonds is 2. The summed E-state index contributed by atoms with van der Waals surface area (Å²) < 4.78 is 36.6. The van der Waals surface area contributed by atoms with Gasteiger partial charge in [-0.2, -0.15) is 0 Å². The lowest BCUT2D eigenvalue weighted by atomic mass is 10.2. The Morgan fingerprint density at radius 2 is 1.74 bits per heavy atom. The number of sulfonamides is 1. The van der Waals surface area contributed by atoms with Gasteiger partial charge in [-0.25, -0.2) is 17.9 Å². The van der Waals surface area contributed by atoms with E-state index in [9.17, 15) is 22.4 Å². The second kappa shape index (κ2) is 6.63. The van der Waals surface area contributed by atoms with Crippen molar-refractivity contribution in [3.63, 3.8) is 0 Å². The summed E-state index contributed by atoms with van der Waals surface area (Å²) in [7, 11) is -4.02. The zero-order valence-electron chi connectivity index (χ0n) is 12.7. The maximum absolute atomic E-state index is 13.9. The van der Waals surface area contributed by atoms with E-state index in [0.717, 1.165) is 18.2 Å². The van der Waals surface area contributed by atoms with Crippen molar-refractivity contribution in [2.45, 2.75) is 18.2 Å². The Labute approximate surface area is 133 Å². The Hall–Kier alpha value is -2.00. The van der Waals surface area contributed by atoms with Gasteiger partial charge in [0.15, 0.2) is 0 Å². The van der Waals surface area contributed by atoms with Crippen LogP contribution in [0.2, 0.25) is 0 Å². The number of benzene rings is 1. The van der Waals surface area contributed by atoms with E-state index in [1.165, 1.54) is 11.8 Å². The molecule has 0 atom stereocenters. The highest BCUT2D eigenvalue weighted by molar-refractivity contribution is 7.89. The van der Waals surface area contributed by atoms with Crippen LogP contribution in [0.1, 0.15) is 23.7 Å². The lowest BCUT2D eigenvalue weighted by molar-refractivity contribution is -0.128. The predicted octanol–water partition coefficient (Wildman–Crippen LogP) is 0.168. The van der Waals surface area contributed by atoms with Crippen LogP contribution in [0.4, 0.5) is 4.39 Å². The van der Waals surface area contributed by atoms with Crippen molar-refractivity contribution in [1.82, 2.24) is 9.80 Å². The van der Waals surface area contributed by atoms with Crippen LogP contribution in [-0.4, -0.2) is 56.2 Å². The monoisotopic (exact) mass is 343 g/mol. The highest BCUT2D eigenvalue weighted by atomic mass is 32.2. The van der Waals surface area contributed by atoms with Gasteiger partial charge in [-0.05, 0) is 24.6 Å². The summed E-state index contributed by atoms with van der Waals surface area (Å²) in [6.45, 7) is 2.96. The molecule has 2 rings (SSSR count). The Kier molecular flexibility index (Phi) is 5.00. The molecule has 126 valence electrons. The third-order valence-electron chi connectivity index (χ3n) is 3.73. The highest BCUT2D eigenvalue weighted by Crippen LogP contribution is 2.17. The fourth-order valence-corrected chi connectivity index (χ4v) is 2.99. The Bertz CT molecular complexity index is 736. The Morgan fingerprint density at radius 3 is 2.35 bits per heavy atom. The van der Waals surface area contributed by atoms with Gasteiger partial charge >= 0.3 is 0 Å². The molecule has 1 saturated heterocycles. The molecule has 23 heavy (non-hydrogen) atoms. The minimum absolute atomic E-state index is 0.0818. The van der Waals surface area contributed by atoms with Gasteiger partial charge in [0.25, 0.3) is 5.91 Å². The molecule has 0 aromatic heterocycles. The Balaban J connectivity index is 2.25. The highest BCUT2D eigenvalue weighted by Gasteiger charge is 2.24. The van der Waals surface area contributed by atoms with Gasteiger partial charge in [-0.1, -0.05) is 0 Å². The average Bonchev–Trinajstić information content (AvgIpc) is 2.71. The second-order valence-electron chi connectivity index (χ2n) is 5.34. The van der Waals surface area contributed by atoms with E-state index in [1.807, 2.05) is 0 Å². The quantitative estimate of drug-likeness (QED) is 0.827. The summed E-state index contributed by atoms with van der Waals surface area (Å²) >= 11 is 0. The minimum Gasteiger partial charge on any atom is -0.341 e. The third kappa shape index (κ3) is 4.05. The number of hydrogen-bond acceptors (Lipinski definition) is 4. The first kappa shape index (κ1) is 17.4. The molecule has 2 N–H and O–H groups in total. The summed E-state index contributed by atoms with van der Waals surface area (Å²) in [4.78, 5) is 26.6. The summed E-state index contributed by atoms with van der Waals surface area (Å²) in [5, 5.41) is 5.01. The first-order valence-electron chi connectivity index (χ1n) is 7.07. The molecule has 7 nitrogen and oxygen atoms in total. The normalized spacial score (nSPS) is 16.1. The van der Waals surface area contributed by atoms with Gasteiger partial charge in [0.2, 0.25) is 15.9 Å². The van der Waals surface area contributed by atoms with E-state index in [0.29, 0.717) is 26.1 Å². The smallest absolute Gasteiger partial charge is 0.256 e. The molecule has 1 aromatic rings. The predicted molar refractivity (Wildman–Crippen MR) is 80.5 cm³/mol. The number of primary sulfonamides is 1. The van der Waals surface area contributed by atoms with Gasteiger partial charge < -0.3 is 9.80 Å². The number of carbonyl (C=O) groups excluding carboxylic acids is 2. The van der Waals surface area contributed by atoms with Gasteiger partial charge in [-0.3, -0.25) is 9.59 Å². The summed E-state index contributed by atoms with van der Waals surface area (Å²) in [6.07, 6.45) is 0.571. The van der Waals surface area contributed by atoms with Gasteiger partial charge in [0.1, 0.15) is 5.82 Å². The van der Waals surface area contributed by atoms with Crippen LogP contribution in [0.3, 0.4) is 0 Å². The molecule has 2 amide bonds. The van der Waals surface area contributed by atoms with Gasteiger partial charge in [0.05, 0.1) is 10.5 Å².